The van der Waals surface area contributed by atoms with Crippen molar-refractivity contribution in [1.82, 2.24) is 5.32 Å². The Morgan fingerprint density at radius 1 is 1.35 bits per heavy atom. The van der Waals surface area contributed by atoms with Crippen LogP contribution in [0.5, 0.6) is 0 Å². The quantitative estimate of drug-likeness (QED) is 0.729. The first-order valence-corrected chi connectivity index (χ1v) is 6.83. The van der Waals surface area contributed by atoms with Gasteiger partial charge in [-0.05, 0) is 26.3 Å². The van der Waals surface area contributed by atoms with Crippen molar-refractivity contribution < 1.29 is 14.2 Å². The molecule has 1 saturated carbocycles. The monoisotopic (exact) mass is 243 g/mol. The van der Waals surface area contributed by atoms with Gasteiger partial charge in [0.1, 0.15) is 0 Å². The van der Waals surface area contributed by atoms with Gasteiger partial charge in [-0.25, -0.2) is 0 Å². The maximum Gasteiger partial charge on any atom is 0.0990 e. The van der Waals surface area contributed by atoms with E-state index in [0.717, 1.165) is 45.7 Å². The zero-order valence-corrected chi connectivity index (χ0v) is 11.0. The number of likely N-dealkylation sites (N-methyl/N-ethyl adjacent to an activating group) is 1. The van der Waals surface area contributed by atoms with Crippen LogP contribution in [-0.4, -0.2) is 51.7 Å². The van der Waals surface area contributed by atoms with Gasteiger partial charge < -0.3 is 19.5 Å². The van der Waals surface area contributed by atoms with E-state index in [9.17, 15) is 0 Å². The van der Waals surface area contributed by atoms with Crippen molar-refractivity contribution in [3.63, 3.8) is 0 Å². The van der Waals surface area contributed by atoms with Crippen molar-refractivity contribution in [3.8, 4) is 0 Å². The van der Waals surface area contributed by atoms with E-state index in [1.165, 1.54) is 0 Å². The van der Waals surface area contributed by atoms with Crippen molar-refractivity contribution in [2.24, 2.45) is 5.92 Å². The molecule has 0 bridgehead atoms. The van der Waals surface area contributed by atoms with Crippen LogP contribution >= 0.6 is 0 Å². The van der Waals surface area contributed by atoms with Crippen molar-refractivity contribution in [2.75, 3.05) is 33.5 Å². The van der Waals surface area contributed by atoms with E-state index in [4.69, 9.17) is 14.2 Å². The second-order valence-corrected chi connectivity index (χ2v) is 5.07. The summed E-state index contributed by atoms with van der Waals surface area (Å²) in [6, 6.07) is 0.464. The molecular weight excluding hydrogens is 218 g/mol. The summed E-state index contributed by atoms with van der Waals surface area (Å²) >= 11 is 0. The van der Waals surface area contributed by atoms with Gasteiger partial charge >= 0.3 is 0 Å². The molecule has 4 nitrogen and oxygen atoms in total. The highest BCUT2D eigenvalue weighted by Crippen LogP contribution is 2.28. The zero-order chi connectivity index (χ0) is 12.1. The minimum absolute atomic E-state index is 0.238. The number of nitrogens with one attached hydrogen (secondary N) is 1. The van der Waals surface area contributed by atoms with Crippen LogP contribution < -0.4 is 5.32 Å². The molecule has 1 aliphatic heterocycles. The van der Waals surface area contributed by atoms with Crippen LogP contribution in [0.2, 0.25) is 0 Å². The van der Waals surface area contributed by atoms with E-state index < -0.39 is 0 Å². The molecular formula is C13H25NO3. The summed E-state index contributed by atoms with van der Waals surface area (Å²) in [4.78, 5) is 0. The van der Waals surface area contributed by atoms with Gasteiger partial charge in [0.15, 0.2) is 0 Å². The van der Waals surface area contributed by atoms with Crippen LogP contribution in [0.25, 0.3) is 0 Å². The Morgan fingerprint density at radius 3 is 2.88 bits per heavy atom. The van der Waals surface area contributed by atoms with Crippen LogP contribution in [0, 0.1) is 5.92 Å². The highest BCUT2D eigenvalue weighted by molar-refractivity contribution is 4.96. The summed E-state index contributed by atoms with van der Waals surface area (Å²) < 4.78 is 17.1. The van der Waals surface area contributed by atoms with E-state index in [-0.39, 0.29) is 12.2 Å². The molecule has 17 heavy (non-hydrogen) atoms. The molecule has 1 N–H and O–H groups in total. The molecule has 0 aromatic heterocycles. The van der Waals surface area contributed by atoms with Gasteiger partial charge in [0.2, 0.25) is 0 Å². The molecule has 0 amide bonds. The van der Waals surface area contributed by atoms with E-state index in [2.05, 4.69) is 12.2 Å². The Hall–Kier alpha value is -0.160. The molecule has 100 valence electrons. The Kier molecular flexibility index (Phi) is 5.22. The molecule has 0 aromatic carbocycles. The molecule has 2 rings (SSSR count). The third-order valence-corrected chi connectivity index (χ3v) is 3.70. The number of hydrogen-bond acceptors (Lipinski definition) is 4. The molecule has 0 aromatic rings. The molecule has 1 heterocycles. The standard InChI is InChI=1S/C13H25NO3/c1-3-5-16-13-11(14-2)7-12(13)17-9-10-4-6-15-8-10/h10-14H,3-9H2,1-2H3. The lowest BCUT2D eigenvalue weighted by molar-refractivity contribution is -0.151. The number of ether oxygens (including phenoxy) is 3. The molecule has 0 spiro atoms. The van der Waals surface area contributed by atoms with Crippen LogP contribution in [0.15, 0.2) is 0 Å². The molecule has 2 aliphatic rings. The van der Waals surface area contributed by atoms with Crippen molar-refractivity contribution in [1.29, 1.82) is 0 Å². The smallest absolute Gasteiger partial charge is 0.0990 e. The van der Waals surface area contributed by atoms with Gasteiger partial charge in [-0.2, -0.15) is 0 Å². The predicted molar refractivity (Wildman–Crippen MR) is 66.2 cm³/mol. The Bertz CT molecular complexity index is 219. The normalized spacial score (nSPS) is 37.1. The zero-order valence-electron chi connectivity index (χ0n) is 11.0. The van der Waals surface area contributed by atoms with Crippen LogP contribution in [0.3, 0.4) is 0 Å². The summed E-state index contributed by atoms with van der Waals surface area (Å²) in [6.45, 7) is 5.55. The molecule has 4 unspecified atom stereocenters. The highest BCUT2D eigenvalue weighted by Gasteiger charge is 2.42. The lowest BCUT2D eigenvalue weighted by Gasteiger charge is -2.44. The van der Waals surface area contributed by atoms with Gasteiger partial charge in [-0.15, -0.1) is 0 Å². The Balaban J connectivity index is 1.68. The fourth-order valence-electron chi connectivity index (χ4n) is 2.48. The van der Waals surface area contributed by atoms with Gasteiger partial charge in [-0.3, -0.25) is 0 Å². The first kappa shape index (κ1) is 13.3. The molecule has 4 heteroatoms. The fourth-order valence-corrected chi connectivity index (χ4v) is 2.48. The number of hydrogen-bond donors (Lipinski definition) is 1. The van der Waals surface area contributed by atoms with Gasteiger partial charge in [0, 0.05) is 25.2 Å². The lowest BCUT2D eigenvalue weighted by atomic mass is 9.85. The lowest BCUT2D eigenvalue weighted by Crippen LogP contribution is -2.59. The molecule has 1 saturated heterocycles. The Morgan fingerprint density at radius 2 is 2.24 bits per heavy atom. The van der Waals surface area contributed by atoms with Gasteiger partial charge in [0.25, 0.3) is 0 Å². The van der Waals surface area contributed by atoms with Crippen LogP contribution in [-0.2, 0) is 14.2 Å². The first-order chi connectivity index (χ1) is 8.35. The second kappa shape index (κ2) is 6.69. The molecule has 4 atom stereocenters. The maximum absolute atomic E-state index is 5.96. The van der Waals surface area contributed by atoms with Gasteiger partial charge in [0.05, 0.1) is 25.4 Å². The fraction of sp³-hybridized carbons (Fsp3) is 1.00. The topological polar surface area (TPSA) is 39.7 Å². The van der Waals surface area contributed by atoms with Crippen LogP contribution in [0.1, 0.15) is 26.2 Å². The average molecular weight is 243 g/mol. The Labute approximate surface area is 104 Å². The second-order valence-electron chi connectivity index (χ2n) is 5.07. The van der Waals surface area contributed by atoms with Gasteiger partial charge in [-0.1, -0.05) is 6.92 Å². The predicted octanol–water partition coefficient (Wildman–Crippen LogP) is 1.19. The van der Waals surface area contributed by atoms with E-state index >= 15 is 0 Å². The maximum atomic E-state index is 5.96. The first-order valence-electron chi connectivity index (χ1n) is 6.83. The SMILES string of the molecule is CCCOC1C(NC)CC1OCC1CCOC1. The minimum atomic E-state index is 0.238. The van der Waals surface area contributed by atoms with E-state index in [1.807, 2.05) is 7.05 Å². The summed E-state index contributed by atoms with van der Waals surface area (Å²) in [7, 11) is 1.99. The third-order valence-electron chi connectivity index (χ3n) is 3.70. The largest absolute Gasteiger partial charge is 0.381 e. The van der Waals surface area contributed by atoms with Crippen molar-refractivity contribution in [2.45, 2.75) is 44.4 Å². The third kappa shape index (κ3) is 3.41. The summed E-state index contributed by atoms with van der Waals surface area (Å²) in [6.07, 6.45) is 3.79. The summed E-state index contributed by atoms with van der Waals surface area (Å²) in [5, 5.41) is 3.29. The van der Waals surface area contributed by atoms with E-state index in [1.54, 1.807) is 0 Å². The molecule has 1 aliphatic carbocycles. The molecule has 2 fully saturated rings. The average Bonchev–Trinajstić information content (AvgIpc) is 2.81. The van der Waals surface area contributed by atoms with E-state index in [0.29, 0.717) is 12.0 Å². The number of rotatable bonds is 7. The van der Waals surface area contributed by atoms with Crippen LogP contribution in [0.4, 0.5) is 0 Å². The highest BCUT2D eigenvalue weighted by atomic mass is 16.5. The summed E-state index contributed by atoms with van der Waals surface area (Å²) in [5.74, 6) is 0.593. The van der Waals surface area contributed by atoms with Crippen molar-refractivity contribution >= 4 is 0 Å². The molecule has 0 radical (unpaired) electrons. The summed E-state index contributed by atoms with van der Waals surface area (Å²) in [5.41, 5.74) is 0. The minimum Gasteiger partial charge on any atom is -0.381 e. The van der Waals surface area contributed by atoms with Crippen molar-refractivity contribution in [3.05, 3.63) is 0 Å².